The molecule has 1 aromatic heterocycles. The third-order valence-corrected chi connectivity index (χ3v) is 3.39. The van der Waals surface area contributed by atoms with Gasteiger partial charge in [0.25, 0.3) is 0 Å². The van der Waals surface area contributed by atoms with Crippen LogP contribution in [0.15, 0.2) is 30.7 Å². The van der Waals surface area contributed by atoms with Gasteiger partial charge in [0.15, 0.2) is 0 Å². The molecule has 1 N–H and O–H groups in total. The van der Waals surface area contributed by atoms with Crippen LogP contribution < -0.4 is 5.32 Å². The second-order valence-electron chi connectivity index (χ2n) is 4.82. The minimum Gasteiger partial charge on any atom is -0.309 e. The lowest BCUT2D eigenvalue weighted by Gasteiger charge is -2.14. The van der Waals surface area contributed by atoms with Crippen LogP contribution in [0.3, 0.4) is 0 Å². The summed E-state index contributed by atoms with van der Waals surface area (Å²) in [5.74, 6) is -0.205. The van der Waals surface area contributed by atoms with Gasteiger partial charge in [-0.25, -0.2) is 9.37 Å². The number of aryl methyl sites for hydroxylation is 1. The molecule has 1 aliphatic rings. The fourth-order valence-corrected chi connectivity index (χ4v) is 2.57. The first-order valence-electron chi connectivity index (χ1n) is 6.27. The Labute approximate surface area is 106 Å². The van der Waals surface area contributed by atoms with Crippen molar-refractivity contribution < 1.29 is 4.39 Å². The highest BCUT2D eigenvalue weighted by atomic mass is 19.1. The van der Waals surface area contributed by atoms with Crippen molar-refractivity contribution in [2.75, 3.05) is 6.54 Å². The van der Waals surface area contributed by atoms with E-state index in [1.54, 1.807) is 12.4 Å². The molecule has 0 saturated carbocycles. The number of nitrogens with zero attached hydrogens (tertiary/aromatic N) is 2. The van der Waals surface area contributed by atoms with Crippen molar-refractivity contribution in [3.63, 3.8) is 0 Å². The van der Waals surface area contributed by atoms with Gasteiger partial charge in [-0.3, -0.25) is 0 Å². The van der Waals surface area contributed by atoms with Gasteiger partial charge in [-0.1, -0.05) is 0 Å². The minimum atomic E-state index is -0.205. The average molecular weight is 245 g/mol. The summed E-state index contributed by atoms with van der Waals surface area (Å²) < 4.78 is 15.5. The van der Waals surface area contributed by atoms with Crippen LogP contribution in [-0.2, 0) is 0 Å². The van der Waals surface area contributed by atoms with Crippen LogP contribution in [0.2, 0.25) is 0 Å². The van der Waals surface area contributed by atoms with E-state index in [0.29, 0.717) is 6.04 Å². The number of halogens is 1. The van der Waals surface area contributed by atoms with Crippen LogP contribution in [0, 0.1) is 12.7 Å². The van der Waals surface area contributed by atoms with Gasteiger partial charge in [0, 0.05) is 11.7 Å². The molecule has 1 aromatic carbocycles. The third-order valence-electron chi connectivity index (χ3n) is 3.39. The maximum Gasteiger partial charge on any atom is 0.125 e. The van der Waals surface area contributed by atoms with Crippen molar-refractivity contribution in [3.8, 4) is 5.69 Å². The Morgan fingerprint density at radius 2 is 2.28 bits per heavy atom. The van der Waals surface area contributed by atoms with Gasteiger partial charge in [-0.05, 0) is 50.1 Å². The summed E-state index contributed by atoms with van der Waals surface area (Å²) in [6.45, 7) is 2.94. The standard InChI is InChI=1S/C14H16FN3/c1-10-5-11(15)7-12(6-10)18-9-16-8-14(18)13-3-2-4-17-13/h5-9,13,17H,2-4H2,1H3. The van der Waals surface area contributed by atoms with E-state index in [2.05, 4.69) is 10.3 Å². The Kier molecular flexibility index (Phi) is 2.88. The number of benzene rings is 1. The van der Waals surface area contributed by atoms with E-state index >= 15 is 0 Å². The average Bonchev–Trinajstić information content (AvgIpc) is 2.98. The third kappa shape index (κ3) is 2.04. The zero-order valence-corrected chi connectivity index (χ0v) is 10.4. The molecule has 2 aromatic rings. The van der Waals surface area contributed by atoms with Gasteiger partial charge in [0.05, 0.1) is 18.2 Å². The van der Waals surface area contributed by atoms with E-state index < -0.39 is 0 Å². The lowest BCUT2D eigenvalue weighted by Crippen LogP contribution is -2.16. The Morgan fingerprint density at radius 1 is 1.39 bits per heavy atom. The fourth-order valence-electron chi connectivity index (χ4n) is 2.57. The van der Waals surface area contributed by atoms with Crippen molar-refractivity contribution in [1.29, 1.82) is 0 Å². The molecule has 94 valence electrons. The SMILES string of the molecule is Cc1cc(F)cc(-n2cncc2C2CCCN2)c1. The van der Waals surface area contributed by atoms with Gasteiger partial charge >= 0.3 is 0 Å². The summed E-state index contributed by atoms with van der Waals surface area (Å²) in [6.07, 6.45) is 5.91. The van der Waals surface area contributed by atoms with E-state index in [1.165, 1.54) is 12.5 Å². The van der Waals surface area contributed by atoms with Crippen LogP contribution in [0.1, 0.15) is 30.1 Å². The summed E-state index contributed by atoms with van der Waals surface area (Å²) >= 11 is 0. The molecule has 0 bridgehead atoms. The number of nitrogens with one attached hydrogen (secondary N) is 1. The van der Waals surface area contributed by atoms with Crippen LogP contribution in [0.5, 0.6) is 0 Å². The Hall–Kier alpha value is -1.68. The van der Waals surface area contributed by atoms with Crippen molar-refractivity contribution >= 4 is 0 Å². The molecule has 18 heavy (non-hydrogen) atoms. The van der Waals surface area contributed by atoms with Gasteiger partial charge in [-0.15, -0.1) is 0 Å². The highest BCUT2D eigenvalue weighted by Crippen LogP contribution is 2.25. The van der Waals surface area contributed by atoms with Crippen molar-refractivity contribution in [3.05, 3.63) is 47.8 Å². The number of rotatable bonds is 2. The maximum atomic E-state index is 13.5. The van der Waals surface area contributed by atoms with Gasteiger partial charge in [0.2, 0.25) is 0 Å². The molecule has 2 heterocycles. The molecular formula is C14H16FN3. The molecular weight excluding hydrogens is 229 g/mol. The monoisotopic (exact) mass is 245 g/mol. The van der Waals surface area contributed by atoms with Crippen molar-refractivity contribution in [2.45, 2.75) is 25.8 Å². The van der Waals surface area contributed by atoms with E-state index in [0.717, 1.165) is 29.9 Å². The highest BCUT2D eigenvalue weighted by Gasteiger charge is 2.20. The first-order chi connectivity index (χ1) is 8.74. The fraction of sp³-hybridized carbons (Fsp3) is 0.357. The molecule has 1 fully saturated rings. The first-order valence-corrected chi connectivity index (χ1v) is 6.27. The van der Waals surface area contributed by atoms with Crippen molar-refractivity contribution in [2.24, 2.45) is 0 Å². The van der Waals surface area contributed by atoms with E-state index in [4.69, 9.17) is 0 Å². The molecule has 0 amide bonds. The molecule has 1 atom stereocenters. The van der Waals surface area contributed by atoms with Gasteiger partial charge in [-0.2, -0.15) is 0 Å². The van der Waals surface area contributed by atoms with E-state index in [9.17, 15) is 4.39 Å². The largest absolute Gasteiger partial charge is 0.309 e. The molecule has 0 radical (unpaired) electrons. The molecule has 4 heteroatoms. The lowest BCUT2D eigenvalue weighted by atomic mass is 10.1. The van der Waals surface area contributed by atoms with Gasteiger partial charge < -0.3 is 9.88 Å². The Bertz CT molecular complexity index is 536. The minimum absolute atomic E-state index is 0.205. The van der Waals surface area contributed by atoms with Gasteiger partial charge in [0.1, 0.15) is 5.82 Å². The predicted molar refractivity (Wildman–Crippen MR) is 68.2 cm³/mol. The molecule has 0 aliphatic carbocycles. The highest BCUT2D eigenvalue weighted by molar-refractivity contribution is 5.38. The maximum absolute atomic E-state index is 13.5. The van der Waals surface area contributed by atoms with Crippen LogP contribution in [0.4, 0.5) is 4.39 Å². The number of hydrogen-bond acceptors (Lipinski definition) is 2. The van der Waals surface area contributed by atoms with E-state index in [1.807, 2.05) is 23.8 Å². The zero-order valence-electron chi connectivity index (χ0n) is 10.4. The molecule has 1 aliphatic heterocycles. The number of imidazole rings is 1. The summed E-state index contributed by atoms with van der Waals surface area (Å²) in [7, 11) is 0. The molecule has 1 saturated heterocycles. The topological polar surface area (TPSA) is 29.9 Å². The van der Waals surface area contributed by atoms with Crippen LogP contribution >= 0.6 is 0 Å². The summed E-state index contributed by atoms with van der Waals surface area (Å²) in [5.41, 5.74) is 2.87. The molecule has 3 nitrogen and oxygen atoms in total. The number of hydrogen-bond donors (Lipinski definition) is 1. The van der Waals surface area contributed by atoms with E-state index in [-0.39, 0.29) is 5.82 Å². The smallest absolute Gasteiger partial charge is 0.125 e. The summed E-state index contributed by atoms with van der Waals surface area (Å²) in [6, 6.07) is 5.39. The summed E-state index contributed by atoms with van der Waals surface area (Å²) in [4.78, 5) is 4.20. The second-order valence-corrected chi connectivity index (χ2v) is 4.82. The Balaban J connectivity index is 2.03. The second kappa shape index (κ2) is 4.53. The van der Waals surface area contributed by atoms with Crippen LogP contribution in [0.25, 0.3) is 5.69 Å². The first kappa shape index (κ1) is 11.4. The van der Waals surface area contributed by atoms with Crippen molar-refractivity contribution in [1.82, 2.24) is 14.9 Å². The molecule has 0 spiro atoms. The number of aromatic nitrogens is 2. The normalized spacial score (nSPS) is 19.3. The predicted octanol–water partition coefficient (Wildman–Crippen LogP) is 2.74. The Morgan fingerprint density at radius 3 is 3.00 bits per heavy atom. The van der Waals surface area contributed by atoms with Crippen LogP contribution in [-0.4, -0.2) is 16.1 Å². The zero-order chi connectivity index (χ0) is 12.5. The summed E-state index contributed by atoms with van der Waals surface area (Å²) in [5, 5.41) is 3.44. The lowest BCUT2D eigenvalue weighted by molar-refractivity contribution is 0.609. The molecule has 1 unspecified atom stereocenters. The molecule has 3 rings (SSSR count). The quantitative estimate of drug-likeness (QED) is 0.881.